The zero-order valence-electron chi connectivity index (χ0n) is 26.9. The Bertz CT molecular complexity index is 2730. The summed E-state index contributed by atoms with van der Waals surface area (Å²) in [6, 6.07) is 57.4. The van der Waals surface area contributed by atoms with E-state index in [4.69, 9.17) is 4.42 Å². The Labute approximate surface area is 279 Å². The smallest absolute Gasteiger partial charge is 0.144 e. The number of hydrogen-bond donors (Lipinski definition) is 0. The SMILES string of the molecule is CC1(C)c2ccccc2-c2cccc(-c3c4ccccc4c(-c4ccc(-c5cccc6ccccc56)cc4)c4c3oc3ccccc34)c21. The standard InChI is InChI=1S/C47H32O/c1-47(2)40-23-9-7-16-34(40)37-21-12-22-39(45(37)47)43-36-18-6-5-17-35(36)42(44-38-19-8-10-24-41(38)48-46(43)44)31-27-25-30(26-28-31)33-20-11-14-29-13-3-4-15-32(29)33/h3-28H,1-2H3. The maximum Gasteiger partial charge on any atom is 0.144 e. The third-order valence-corrected chi connectivity index (χ3v) is 10.7. The maximum absolute atomic E-state index is 6.95. The molecule has 1 aromatic heterocycles. The first-order chi connectivity index (χ1) is 23.6. The fraction of sp³-hybridized carbons (Fsp3) is 0.0638. The van der Waals surface area contributed by atoms with Gasteiger partial charge in [0.25, 0.3) is 0 Å². The van der Waals surface area contributed by atoms with Crippen LogP contribution >= 0.6 is 0 Å². The minimum atomic E-state index is -0.155. The van der Waals surface area contributed by atoms with E-state index in [1.807, 2.05) is 0 Å². The van der Waals surface area contributed by atoms with Gasteiger partial charge in [0.15, 0.2) is 0 Å². The van der Waals surface area contributed by atoms with E-state index in [0.717, 1.165) is 16.6 Å². The van der Waals surface area contributed by atoms with Gasteiger partial charge < -0.3 is 4.42 Å². The third-order valence-electron chi connectivity index (χ3n) is 10.7. The molecule has 48 heavy (non-hydrogen) atoms. The number of fused-ring (bicyclic) bond motifs is 8. The van der Waals surface area contributed by atoms with Gasteiger partial charge in [0.2, 0.25) is 0 Å². The van der Waals surface area contributed by atoms with Gasteiger partial charge in [-0.25, -0.2) is 0 Å². The topological polar surface area (TPSA) is 13.1 Å². The average molecular weight is 613 g/mol. The highest BCUT2D eigenvalue weighted by Crippen LogP contribution is 2.55. The number of furan rings is 1. The minimum absolute atomic E-state index is 0.155. The van der Waals surface area contributed by atoms with Crippen LogP contribution in [-0.4, -0.2) is 0 Å². The van der Waals surface area contributed by atoms with Crippen molar-refractivity contribution in [2.24, 2.45) is 0 Å². The molecule has 0 radical (unpaired) electrons. The van der Waals surface area contributed by atoms with Gasteiger partial charge in [-0.15, -0.1) is 0 Å². The van der Waals surface area contributed by atoms with Crippen molar-refractivity contribution >= 4 is 43.5 Å². The van der Waals surface area contributed by atoms with Crippen molar-refractivity contribution in [2.45, 2.75) is 19.3 Å². The minimum Gasteiger partial charge on any atom is -0.455 e. The number of hydrogen-bond acceptors (Lipinski definition) is 1. The Hall–Kier alpha value is -5.92. The Morgan fingerprint density at radius 1 is 0.417 bits per heavy atom. The molecule has 0 amide bonds. The lowest BCUT2D eigenvalue weighted by molar-refractivity contribution is 0.659. The first-order valence-electron chi connectivity index (χ1n) is 16.8. The van der Waals surface area contributed by atoms with Gasteiger partial charge in [0.1, 0.15) is 11.2 Å². The molecule has 0 spiro atoms. The van der Waals surface area contributed by atoms with Crippen LogP contribution in [0.3, 0.4) is 0 Å². The lowest BCUT2D eigenvalue weighted by Crippen LogP contribution is -2.16. The first-order valence-corrected chi connectivity index (χ1v) is 16.8. The predicted molar refractivity (Wildman–Crippen MR) is 203 cm³/mol. The van der Waals surface area contributed by atoms with E-state index in [1.165, 1.54) is 82.6 Å². The van der Waals surface area contributed by atoms with Crippen molar-refractivity contribution in [3.8, 4) is 44.5 Å². The average Bonchev–Trinajstić information content (AvgIpc) is 3.63. The first kappa shape index (κ1) is 27.2. The van der Waals surface area contributed by atoms with Gasteiger partial charge in [-0.2, -0.15) is 0 Å². The summed E-state index contributed by atoms with van der Waals surface area (Å²) in [6.45, 7) is 4.73. The summed E-state index contributed by atoms with van der Waals surface area (Å²) in [5, 5.41) is 7.27. The predicted octanol–water partition coefficient (Wildman–Crippen LogP) is 13.2. The Balaban J connectivity index is 1.28. The van der Waals surface area contributed by atoms with E-state index in [9.17, 15) is 0 Å². The highest BCUT2D eigenvalue weighted by Gasteiger charge is 2.38. The fourth-order valence-corrected chi connectivity index (χ4v) is 8.56. The Kier molecular flexibility index (Phi) is 5.69. The van der Waals surface area contributed by atoms with Crippen molar-refractivity contribution in [3.05, 3.63) is 169 Å². The second-order valence-electron chi connectivity index (χ2n) is 13.6. The van der Waals surface area contributed by atoms with Gasteiger partial charge in [-0.05, 0) is 72.1 Å². The molecule has 1 heteroatoms. The van der Waals surface area contributed by atoms with Crippen molar-refractivity contribution < 1.29 is 4.42 Å². The molecule has 0 N–H and O–H groups in total. The number of rotatable bonds is 3. The molecule has 0 atom stereocenters. The fourth-order valence-electron chi connectivity index (χ4n) is 8.56. The van der Waals surface area contributed by atoms with Crippen LogP contribution in [0.15, 0.2) is 162 Å². The Morgan fingerprint density at radius 3 is 1.81 bits per heavy atom. The molecule has 0 bridgehead atoms. The lowest BCUT2D eigenvalue weighted by Gasteiger charge is -2.25. The monoisotopic (exact) mass is 612 g/mol. The highest BCUT2D eigenvalue weighted by atomic mass is 16.3. The molecule has 1 aliphatic rings. The molecule has 8 aromatic carbocycles. The van der Waals surface area contributed by atoms with E-state index in [2.05, 4.69) is 172 Å². The Morgan fingerprint density at radius 2 is 0.979 bits per heavy atom. The van der Waals surface area contributed by atoms with Crippen LogP contribution in [0.1, 0.15) is 25.0 Å². The normalized spacial score (nSPS) is 13.4. The molecule has 10 rings (SSSR count). The molecule has 1 heterocycles. The van der Waals surface area contributed by atoms with Crippen molar-refractivity contribution in [1.29, 1.82) is 0 Å². The molecular formula is C47H32O. The van der Waals surface area contributed by atoms with Gasteiger partial charge in [0, 0.05) is 27.3 Å². The molecule has 1 aliphatic carbocycles. The number of para-hydroxylation sites is 1. The lowest BCUT2D eigenvalue weighted by atomic mass is 9.77. The van der Waals surface area contributed by atoms with E-state index in [1.54, 1.807) is 0 Å². The summed E-state index contributed by atoms with van der Waals surface area (Å²) < 4.78 is 6.95. The summed E-state index contributed by atoms with van der Waals surface area (Å²) in [7, 11) is 0. The van der Waals surface area contributed by atoms with Crippen molar-refractivity contribution in [1.82, 2.24) is 0 Å². The largest absolute Gasteiger partial charge is 0.455 e. The molecule has 0 fully saturated rings. The van der Waals surface area contributed by atoms with Gasteiger partial charge in [-0.3, -0.25) is 0 Å². The molecule has 1 nitrogen and oxygen atoms in total. The van der Waals surface area contributed by atoms with E-state index < -0.39 is 0 Å². The molecule has 9 aromatic rings. The molecule has 0 saturated heterocycles. The van der Waals surface area contributed by atoms with Crippen LogP contribution in [0.5, 0.6) is 0 Å². The van der Waals surface area contributed by atoms with Crippen molar-refractivity contribution in [3.63, 3.8) is 0 Å². The summed E-state index contributed by atoms with van der Waals surface area (Å²) in [5.41, 5.74) is 14.4. The second-order valence-corrected chi connectivity index (χ2v) is 13.6. The molecule has 0 unspecified atom stereocenters. The van der Waals surface area contributed by atoms with Crippen LogP contribution in [0, 0.1) is 0 Å². The summed E-state index contributed by atoms with van der Waals surface area (Å²) in [4.78, 5) is 0. The zero-order chi connectivity index (χ0) is 32.0. The van der Waals surface area contributed by atoms with Crippen LogP contribution in [-0.2, 0) is 5.41 Å². The molecule has 226 valence electrons. The van der Waals surface area contributed by atoms with Crippen LogP contribution in [0.4, 0.5) is 0 Å². The summed E-state index contributed by atoms with van der Waals surface area (Å²) >= 11 is 0. The second kappa shape index (κ2) is 10.0. The van der Waals surface area contributed by atoms with Crippen LogP contribution in [0.2, 0.25) is 0 Å². The van der Waals surface area contributed by atoms with Gasteiger partial charge in [0.05, 0.1) is 0 Å². The third kappa shape index (κ3) is 3.73. The number of benzene rings is 8. The van der Waals surface area contributed by atoms with Crippen molar-refractivity contribution in [2.75, 3.05) is 0 Å². The quantitative estimate of drug-likeness (QED) is 0.193. The van der Waals surface area contributed by atoms with Gasteiger partial charge >= 0.3 is 0 Å². The molecular weight excluding hydrogens is 581 g/mol. The maximum atomic E-state index is 6.95. The van der Waals surface area contributed by atoms with Gasteiger partial charge in [-0.1, -0.05) is 166 Å². The molecule has 0 saturated carbocycles. The van der Waals surface area contributed by atoms with E-state index in [-0.39, 0.29) is 5.41 Å². The highest BCUT2D eigenvalue weighted by molar-refractivity contribution is 6.27. The molecule has 0 aliphatic heterocycles. The van der Waals surface area contributed by atoms with E-state index >= 15 is 0 Å². The zero-order valence-corrected chi connectivity index (χ0v) is 26.9. The van der Waals surface area contributed by atoms with E-state index in [0.29, 0.717) is 0 Å². The summed E-state index contributed by atoms with van der Waals surface area (Å²) in [5.74, 6) is 0. The van der Waals surface area contributed by atoms with Crippen LogP contribution in [0.25, 0.3) is 88.0 Å². The van der Waals surface area contributed by atoms with Crippen LogP contribution < -0.4 is 0 Å². The summed E-state index contributed by atoms with van der Waals surface area (Å²) in [6.07, 6.45) is 0.